The minimum Gasteiger partial charge on any atom is -0.478 e. The van der Waals surface area contributed by atoms with Crippen molar-refractivity contribution in [3.63, 3.8) is 0 Å². The monoisotopic (exact) mass is 271 g/mol. The van der Waals surface area contributed by atoms with Gasteiger partial charge in [0.25, 0.3) is 0 Å². The predicted molar refractivity (Wildman–Crippen MR) is 68.1 cm³/mol. The van der Waals surface area contributed by atoms with Gasteiger partial charge in [-0.3, -0.25) is 0 Å². The van der Waals surface area contributed by atoms with Gasteiger partial charge in [0.1, 0.15) is 0 Å². The minimum absolute atomic E-state index is 0.0694. The van der Waals surface area contributed by atoms with Crippen molar-refractivity contribution in [1.82, 2.24) is 4.72 Å². The molecule has 0 aliphatic carbocycles. The fourth-order valence-electron chi connectivity index (χ4n) is 1.44. The van der Waals surface area contributed by atoms with Gasteiger partial charge in [-0.05, 0) is 30.7 Å². The van der Waals surface area contributed by atoms with Gasteiger partial charge in [-0.15, -0.1) is 0 Å². The largest absolute Gasteiger partial charge is 0.478 e. The zero-order valence-electron chi connectivity index (χ0n) is 10.2. The van der Waals surface area contributed by atoms with Crippen LogP contribution >= 0.6 is 0 Å². The van der Waals surface area contributed by atoms with Gasteiger partial charge >= 0.3 is 5.97 Å². The summed E-state index contributed by atoms with van der Waals surface area (Å²) >= 11 is 0. The summed E-state index contributed by atoms with van der Waals surface area (Å²) in [5.41, 5.74) is 0.0694. The number of nitrogens with one attached hydrogen (secondary N) is 1. The molecule has 2 N–H and O–H groups in total. The van der Waals surface area contributed by atoms with E-state index in [0.717, 1.165) is 19.3 Å². The fourth-order valence-corrected chi connectivity index (χ4v) is 2.52. The zero-order valence-corrected chi connectivity index (χ0v) is 11.0. The van der Waals surface area contributed by atoms with Crippen LogP contribution in [0.2, 0.25) is 0 Å². The number of sulfonamides is 1. The molecule has 0 saturated heterocycles. The summed E-state index contributed by atoms with van der Waals surface area (Å²) < 4.78 is 26.1. The highest BCUT2D eigenvalue weighted by Crippen LogP contribution is 2.10. The van der Waals surface area contributed by atoms with Crippen LogP contribution in [-0.4, -0.2) is 26.0 Å². The second-order valence-corrected chi connectivity index (χ2v) is 5.70. The van der Waals surface area contributed by atoms with Crippen LogP contribution in [0.15, 0.2) is 29.2 Å². The third-order valence-electron chi connectivity index (χ3n) is 2.48. The molecular weight excluding hydrogens is 254 g/mol. The van der Waals surface area contributed by atoms with Crippen LogP contribution in [0.25, 0.3) is 0 Å². The standard InChI is InChI=1S/C12H17NO4S/c1-2-3-4-9-13-18(16,17)11-7-5-10(6-8-11)12(14)15/h5-8,13H,2-4,9H2,1H3,(H,14,15). The third-order valence-corrected chi connectivity index (χ3v) is 3.96. The number of rotatable bonds is 7. The lowest BCUT2D eigenvalue weighted by atomic mass is 10.2. The van der Waals surface area contributed by atoms with Crippen LogP contribution in [0, 0.1) is 0 Å². The third kappa shape index (κ3) is 4.12. The topological polar surface area (TPSA) is 83.5 Å². The fraction of sp³-hybridized carbons (Fsp3) is 0.417. The smallest absolute Gasteiger partial charge is 0.335 e. The molecule has 0 aliphatic rings. The molecule has 1 aromatic carbocycles. The quantitative estimate of drug-likeness (QED) is 0.741. The van der Waals surface area contributed by atoms with E-state index in [0.29, 0.717) is 6.54 Å². The Morgan fingerprint density at radius 1 is 1.22 bits per heavy atom. The van der Waals surface area contributed by atoms with Crippen LogP contribution in [0.3, 0.4) is 0 Å². The van der Waals surface area contributed by atoms with Crippen LogP contribution in [0.4, 0.5) is 0 Å². The van der Waals surface area contributed by atoms with E-state index in [1.54, 1.807) is 0 Å². The Morgan fingerprint density at radius 2 is 1.83 bits per heavy atom. The zero-order chi connectivity index (χ0) is 13.6. The first kappa shape index (κ1) is 14.7. The number of carboxylic acid groups (broad SMARTS) is 1. The lowest BCUT2D eigenvalue weighted by Gasteiger charge is -2.06. The molecule has 0 saturated carbocycles. The number of carbonyl (C=O) groups is 1. The van der Waals surface area contributed by atoms with Crippen molar-refractivity contribution in [2.24, 2.45) is 0 Å². The van der Waals surface area contributed by atoms with E-state index in [2.05, 4.69) is 4.72 Å². The molecular formula is C12H17NO4S. The number of hydrogen-bond acceptors (Lipinski definition) is 3. The SMILES string of the molecule is CCCCCNS(=O)(=O)c1ccc(C(=O)O)cc1. The number of benzene rings is 1. The highest BCUT2D eigenvalue weighted by Gasteiger charge is 2.13. The molecule has 0 unspecified atom stereocenters. The van der Waals surface area contributed by atoms with E-state index in [9.17, 15) is 13.2 Å². The van der Waals surface area contributed by atoms with E-state index >= 15 is 0 Å². The van der Waals surface area contributed by atoms with Crippen LogP contribution in [0.1, 0.15) is 36.5 Å². The minimum atomic E-state index is -3.53. The lowest BCUT2D eigenvalue weighted by Crippen LogP contribution is -2.24. The molecule has 5 nitrogen and oxygen atoms in total. The van der Waals surface area contributed by atoms with Crippen molar-refractivity contribution < 1.29 is 18.3 Å². The lowest BCUT2D eigenvalue weighted by molar-refractivity contribution is 0.0696. The molecule has 1 rings (SSSR count). The van der Waals surface area contributed by atoms with Crippen molar-refractivity contribution in [3.8, 4) is 0 Å². The molecule has 1 aromatic rings. The number of aromatic carboxylic acids is 1. The average Bonchev–Trinajstić information content (AvgIpc) is 2.35. The molecule has 0 heterocycles. The molecule has 0 atom stereocenters. The molecule has 18 heavy (non-hydrogen) atoms. The van der Waals surface area contributed by atoms with Gasteiger partial charge < -0.3 is 5.11 Å². The maximum atomic E-state index is 11.8. The maximum Gasteiger partial charge on any atom is 0.335 e. The summed E-state index contributed by atoms with van der Waals surface area (Å²) in [7, 11) is -3.53. The number of carboxylic acids is 1. The Morgan fingerprint density at radius 3 is 2.33 bits per heavy atom. The van der Waals surface area contributed by atoms with Crippen LogP contribution in [0.5, 0.6) is 0 Å². The Bertz CT molecular complexity index is 493. The van der Waals surface area contributed by atoms with E-state index in [1.165, 1.54) is 24.3 Å². The predicted octanol–water partition coefficient (Wildman–Crippen LogP) is 1.85. The molecule has 0 spiro atoms. The van der Waals surface area contributed by atoms with Crippen molar-refractivity contribution >= 4 is 16.0 Å². The maximum absolute atomic E-state index is 11.8. The first-order valence-corrected chi connectivity index (χ1v) is 7.28. The Balaban J connectivity index is 2.70. The van der Waals surface area contributed by atoms with Crippen molar-refractivity contribution in [2.75, 3.05) is 6.54 Å². The van der Waals surface area contributed by atoms with Gasteiger partial charge in [0, 0.05) is 6.54 Å². The van der Waals surface area contributed by atoms with Gasteiger partial charge in [-0.25, -0.2) is 17.9 Å². The molecule has 0 aliphatic heterocycles. The van der Waals surface area contributed by atoms with E-state index in [4.69, 9.17) is 5.11 Å². The van der Waals surface area contributed by atoms with Gasteiger partial charge in [0.2, 0.25) is 10.0 Å². The van der Waals surface area contributed by atoms with Crippen molar-refractivity contribution in [2.45, 2.75) is 31.1 Å². The number of hydrogen-bond donors (Lipinski definition) is 2. The van der Waals surface area contributed by atoms with E-state index in [1.807, 2.05) is 6.92 Å². The summed E-state index contributed by atoms with van der Waals surface area (Å²) in [5, 5.41) is 8.71. The Labute approximate surface area is 107 Å². The molecule has 0 radical (unpaired) electrons. The second kappa shape index (κ2) is 6.51. The van der Waals surface area contributed by atoms with Gasteiger partial charge in [-0.1, -0.05) is 19.8 Å². The summed E-state index contributed by atoms with van der Waals surface area (Å²) in [6, 6.07) is 5.16. The van der Waals surface area contributed by atoms with E-state index in [-0.39, 0.29) is 10.5 Å². The number of unbranched alkanes of at least 4 members (excludes halogenated alkanes) is 2. The highest BCUT2D eigenvalue weighted by molar-refractivity contribution is 7.89. The Hall–Kier alpha value is -1.40. The second-order valence-electron chi connectivity index (χ2n) is 3.93. The summed E-state index contributed by atoms with van der Waals surface area (Å²) in [6.45, 7) is 2.44. The van der Waals surface area contributed by atoms with Crippen LogP contribution in [-0.2, 0) is 10.0 Å². The molecule has 0 fully saturated rings. The van der Waals surface area contributed by atoms with Gasteiger partial charge in [0.15, 0.2) is 0 Å². The van der Waals surface area contributed by atoms with E-state index < -0.39 is 16.0 Å². The molecule has 6 heteroatoms. The molecule has 0 aromatic heterocycles. The molecule has 0 bridgehead atoms. The van der Waals surface area contributed by atoms with Crippen molar-refractivity contribution in [3.05, 3.63) is 29.8 Å². The normalized spacial score (nSPS) is 11.4. The first-order valence-electron chi connectivity index (χ1n) is 5.80. The summed E-state index contributed by atoms with van der Waals surface area (Å²) in [4.78, 5) is 10.7. The molecule has 100 valence electrons. The summed E-state index contributed by atoms with van der Waals surface area (Å²) in [5.74, 6) is -1.07. The average molecular weight is 271 g/mol. The van der Waals surface area contributed by atoms with Gasteiger partial charge in [-0.2, -0.15) is 0 Å². The van der Waals surface area contributed by atoms with Crippen LogP contribution < -0.4 is 4.72 Å². The first-order chi connectivity index (χ1) is 8.47. The summed E-state index contributed by atoms with van der Waals surface area (Å²) in [6.07, 6.45) is 2.79. The van der Waals surface area contributed by atoms with Crippen molar-refractivity contribution in [1.29, 1.82) is 0 Å². The molecule has 0 amide bonds. The Kier molecular flexibility index (Phi) is 5.30. The van der Waals surface area contributed by atoms with Gasteiger partial charge in [0.05, 0.1) is 10.5 Å². The highest BCUT2D eigenvalue weighted by atomic mass is 32.2.